The van der Waals surface area contributed by atoms with Crippen LogP contribution >= 0.6 is 23.5 Å². The first kappa shape index (κ1) is 15.9. The molecule has 0 aliphatic heterocycles. The first-order valence-electron chi connectivity index (χ1n) is 6.65. The second-order valence-electron chi connectivity index (χ2n) is 4.55. The number of rotatable bonds is 8. The molecule has 0 bridgehead atoms. The average Bonchev–Trinajstić information content (AvgIpc) is 2.39. The van der Waals surface area contributed by atoms with Crippen LogP contribution in [0.2, 0.25) is 0 Å². The summed E-state index contributed by atoms with van der Waals surface area (Å²) >= 11 is 3.82. The van der Waals surface area contributed by atoms with Gasteiger partial charge in [-0.25, -0.2) is 0 Å². The predicted octanol–water partition coefficient (Wildman–Crippen LogP) is 4.59. The van der Waals surface area contributed by atoms with Crippen LogP contribution in [-0.2, 0) is 0 Å². The van der Waals surface area contributed by atoms with Crippen molar-refractivity contribution in [3.8, 4) is 0 Å². The van der Waals surface area contributed by atoms with Crippen molar-refractivity contribution in [2.24, 2.45) is 0 Å². The van der Waals surface area contributed by atoms with Gasteiger partial charge in [-0.05, 0) is 55.7 Å². The van der Waals surface area contributed by atoms with Crippen LogP contribution in [-0.4, -0.2) is 23.8 Å². The Hall–Kier alpha value is -0.120. The van der Waals surface area contributed by atoms with Crippen LogP contribution in [0.25, 0.3) is 0 Å². The van der Waals surface area contributed by atoms with E-state index in [0.717, 1.165) is 0 Å². The highest BCUT2D eigenvalue weighted by Crippen LogP contribution is 2.19. The highest BCUT2D eigenvalue weighted by molar-refractivity contribution is 7.99. The molecule has 0 spiro atoms. The lowest BCUT2D eigenvalue weighted by molar-refractivity contribution is 0.471. The van der Waals surface area contributed by atoms with Gasteiger partial charge in [-0.1, -0.05) is 19.1 Å². The summed E-state index contributed by atoms with van der Waals surface area (Å²) in [7, 11) is 0. The molecule has 102 valence electrons. The third kappa shape index (κ3) is 5.68. The van der Waals surface area contributed by atoms with Crippen LogP contribution in [0.15, 0.2) is 29.2 Å². The van der Waals surface area contributed by atoms with Gasteiger partial charge >= 0.3 is 0 Å². The maximum absolute atomic E-state index is 3.67. The summed E-state index contributed by atoms with van der Waals surface area (Å²) < 4.78 is 0. The van der Waals surface area contributed by atoms with Gasteiger partial charge in [0.2, 0.25) is 0 Å². The molecule has 3 heteroatoms. The van der Waals surface area contributed by atoms with Gasteiger partial charge in [0.25, 0.3) is 0 Å². The Morgan fingerprint density at radius 1 is 1.17 bits per heavy atom. The zero-order valence-corrected chi connectivity index (χ0v) is 13.5. The number of nitrogens with one attached hydrogen (secondary N) is 1. The first-order chi connectivity index (χ1) is 8.67. The molecule has 2 unspecified atom stereocenters. The number of hydrogen-bond acceptors (Lipinski definition) is 3. The second kappa shape index (κ2) is 8.89. The highest BCUT2D eigenvalue weighted by Gasteiger charge is 2.09. The minimum Gasteiger partial charge on any atom is -0.308 e. The summed E-state index contributed by atoms with van der Waals surface area (Å²) in [4.78, 5) is 1.33. The van der Waals surface area contributed by atoms with E-state index in [0.29, 0.717) is 12.1 Å². The van der Waals surface area contributed by atoms with Gasteiger partial charge in [0.05, 0.1) is 0 Å². The van der Waals surface area contributed by atoms with E-state index in [1.54, 1.807) is 11.8 Å². The van der Waals surface area contributed by atoms with Crippen molar-refractivity contribution in [1.29, 1.82) is 0 Å². The van der Waals surface area contributed by atoms with Crippen LogP contribution in [0.5, 0.6) is 0 Å². The van der Waals surface area contributed by atoms with E-state index in [-0.39, 0.29) is 0 Å². The lowest BCUT2D eigenvalue weighted by Gasteiger charge is -2.20. The first-order valence-corrected chi connectivity index (χ1v) is 9.03. The molecule has 1 rings (SSSR count). The quantitative estimate of drug-likeness (QED) is 0.553. The van der Waals surface area contributed by atoms with Crippen molar-refractivity contribution in [2.75, 3.05) is 17.8 Å². The van der Waals surface area contributed by atoms with E-state index < -0.39 is 0 Å². The molecule has 18 heavy (non-hydrogen) atoms. The Morgan fingerprint density at radius 3 is 2.39 bits per heavy atom. The van der Waals surface area contributed by atoms with Crippen LogP contribution in [0, 0.1) is 0 Å². The van der Waals surface area contributed by atoms with Crippen LogP contribution in [0.1, 0.15) is 38.8 Å². The molecule has 0 radical (unpaired) electrons. The highest BCUT2D eigenvalue weighted by atomic mass is 32.2. The maximum atomic E-state index is 3.67. The van der Waals surface area contributed by atoms with E-state index >= 15 is 0 Å². The van der Waals surface area contributed by atoms with Gasteiger partial charge in [-0.15, -0.1) is 11.8 Å². The molecule has 1 N–H and O–H groups in total. The zero-order valence-electron chi connectivity index (χ0n) is 11.9. The third-order valence-corrected chi connectivity index (χ3v) is 4.73. The van der Waals surface area contributed by atoms with Crippen molar-refractivity contribution in [3.05, 3.63) is 29.8 Å². The van der Waals surface area contributed by atoms with Gasteiger partial charge in [0, 0.05) is 17.0 Å². The fraction of sp³-hybridized carbons (Fsp3) is 0.600. The topological polar surface area (TPSA) is 12.0 Å². The minimum absolute atomic E-state index is 0.433. The zero-order chi connectivity index (χ0) is 13.4. The summed E-state index contributed by atoms with van der Waals surface area (Å²) in [5, 5.41) is 3.67. The summed E-state index contributed by atoms with van der Waals surface area (Å²) in [6.45, 7) is 6.75. The molecule has 0 saturated carbocycles. The van der Waals surface area contributed by atoms with E-state index in [2.05, 4.69) is 56.6 Å². The van der Waals surface area contributed by atoms with Crippen molar-refractivity contribution in [3.63, 3.8) is 0 Å². The van der Waals surface area contributed by atoms with E-state index in [4.69, 9.17) is 0 Å². The molecule has 0 amide bonds. The minimum atomic E-state index is 0.433. The van der Waals surface area contributed by atoms with Crippen molar-refractivity contribution < 1.29 is 0 Å². The van der Waals surface area contributed by atoms with Gasteiger partial charge in [-0.2, -0.15) is 11.8 Å². The summed E-state index contributed by atoms with van der Waals surface area (Å²) in [6.07, 6.45) is 3.36. The van der Waals surface area contributed by atoms with E-state index in [1.807, 2.05) is 11.8 Å². The van der Waals surface area contributed by atoms with Gasteiger partial charge in [0.15, 0.2) is 0 Å². The van der Waals surface area contributed by atoms with Gasteiger partial charge in [-0.3, -0.25) is 0 Å². The SMILES string of the molecule is CCSCCC(C)NC(C)c1ccc(SC)cc1. The van der Waals surface area contributed by atoms with Gasteiger partial charge in [0.1, 0.15) is 0 Å². The average molecular weight is 284 g/mol. The Morgan fingerprint density at radius 2 is 1.83 bits per heavy atom. The standard InChI is InChI=1S/C15H25NS2/c1-5-18-11-10-12(2)16-13(3)14-6-8-15(17-4)9-7-14/h6-9,12-13,16H,5,10-11H2,1-4H3. The van der Waals surface area contributed by atoms with Crippen molar-refractivity contribution >= 4 is 23.5 Å². The number of thioether (sulfide) groups is 2. The van der Waals surface area contributed by atoms with Crippen LogP contribution < -0.4 is 5.32 Å². The molecule has 1 aromatic carbocycles. The molecule has 1 aromatic rings. The molecule has 0 aliphatic rings. The van der Waals surface area contributed by atoms with Crippen LogP contribution in [0.3, 0.4) is 0 Å². The maximum Gasteiger partial charge on any atom is 0.0294 e. The number of benzene rings is 1. The lowest BCUT2D eigenvalue weighted by Crippen LogP contribution is -2.29. The second-order valence-corrected chi connectivity index (χ2v) is 6.82. The van der Waals surface area contributed by atoms with Gasteiger partial charge < -0.3 is 5.32 Å². The fourth-order valence-corrected chi connectivity index (χ4v) is 3.12. The largest absolute Gasteiger partial charge is 0.308 e. The van der Waals surface area contributed by atoms with E-state index in [9.17, 15) is 0 Å². The summed E-state index contributed by atoms with van der Waals surface area (Å²) in [6, 6.07) is 9.89. The normalized spacial score (nSPS) is 14.4. The van der Waals surface area contributed by atoms with Crippen LogP contribution in [0.4, 0.5) is 0 Å². The Labute approximate surface area is 121 Å². The molecular formula is C15H25NS2. The molecule has 0 saturated heterocycles. The molecular weight excluding hydrogens is 258 g/mol. The molecule has 0 aliphatic carbocycles. The summed E-state index contributed by atoms with van der Waals surface area (Å²) in [5.74, 6) is 2.47. The molecule has 0 fully saturated rings. The predicted molar refractivity (Wildman–Crippen MR) is 86.9 cm³/mol. The molecule has 0 heterocycles. The molecule has 1 nitrogen and oxygen atoms in total. The third-order valence-electron chi connectivity index (χ3n) is 3.05. The van der Waals surface area contributed by atoms with Crippen molar-refractivity contribution in [1.82, 2.24) is 5.32 Å². The van der Waals surface area contributed by atoms with E-state index in [1.165, 1.54) is 28.4 Å². The van der Waals surface area contributed by atoms with Crippen molar-refractivity contribution in [2.45, 2.75) is 44.2 Å². The monoisotopic (exact) mass is 283 g/mol. The fourth-order valence-electron chi connectivity index (χ4n) is 1.90. The number of hydrogen-bond donors (Lipinski definition) is 1. The molecule has 2 atom stereocenters. The lowest BCUT2D eigenvalue weighted by atomic mass is 10.1. The Balaban J connectivity index is 2.40. The Bertz CT molecular complexity index is 324. The Kier molecular flexibility index (Phi) is 7.87. The summed E-state index contributed by atoms with van der Waals surface area (Å²) in [5.41, 5.74) is 1.38. The smallest absolute Gasteiger partial charge is 0.0294 e. The molecule has 0 aromatic heterocycles.